The lowest BCUT2D eigenvalue weighted by atomic mass is 9.92. The lowest BCUT2D eigenvalue weighted by Gasteiger charge is -2.23. The van der Waals surface area contributed by atoms with Gasteiger partial charge >= 0.3 is 0 Å². The Bertz CT molecular complexity index is 278. The van der Waals surface area contributed by atoms with E-state index >= 15 is 0 Å². The fourth-order valence-corrected chi connectivity index (χ4v) is 2.21. The number of carbonyl (C=O) groups is 1. The zero-order valence-electron chi connectivity index (χ0n) is 11.4. The predicted molar refractivity (Wildman–Crippen MR) is 67.7 cm³/mol. The molecule has 0 aromatic heterocycles. The van der Waals surface area contributed by atoms with E-state index in [1.54, 1.807) is 0 Å². The van der Waals surface area contributed by atoms with Crippen LogP contribution in [0.5, 0.6) is 0 Å². The van der Waals surface area contributed by atoms with Gasteiger partial charge in [-0.15, -0.1) is 0 Å². The molecule has 1 saturated heterocycles. The molecule has 0 bridgehead atoms. The van der Waals surface area contributed by atoms with Gasteiger partial charge in [0.15, 0.2) is 0 Å². The number of hydrogen-bond acceptors (Lipinski definition) is 2. The van der Waals surface area contributed by atoms with Gasteiger partial charge in [0.25, 0.3) is 0 Å². The van der Waals surface area contributed by atoms with Gasteiger partial charge < -0.3 is 9.64 Å². The molecule has 2 fully saturated rings. The molecule has 3 nitrogen and oxygen atoms in total. The van der Waals surface area contributed by atoms with Crippen molar-refractivity contribution in [2.75, 3.05) is 19.7 Å². The van der Waals surface area contributed by atoms with Gasteiger partial charge in [0.2, 0.25) is 5.91 Å². The van der Waals surface area contributed by atoms with Crippen LogP contribution in [0.2, 0.25) is 0 Å². The summed E-state index contributed by atoms with van der Waals surface area (Å²) in [6.45, 7) is 8.93. The van der Waals surface area contributed by atoms with Crippen LogP contribution in [-0.2, 0) is 9.53 Å². The molecule has 17 heavy (non-hydrogen) atoms. The molecule has 1 unspecified atom stereocenters. The minimum Gasteiger partial charge on any atom is -0.376 e. The van der Waals surface area contributed by atoms with Gasteiger partial charge in [-0.1, -0.05) is 20.8 Å². The molecule has 0 aromatic rings. The van der Waals surface area contributed by atoms with Crippen molar-refractivity contribution in [2.24, 2.45) is 11.3 Å². The average molecular weight is 239 g/mol. The van der Waals surface area contributed by atoms with Crippen molar-refractivity contribution in [3.8, 4) is 0 Å². The summed E-state index contributed by atoms with van der Waals surface area (Å²) < 4.78 is 5.84. The lowest BCUT2D eigenvalue weighted by Crippen LogP contribution is -2.32. The Labute approximate surface area is 105 Å². The summed E-state index contributed by atoms with van der Waals surface area (Å²) in [5.41, 5.74) is 0.0873. The Morgan fingerprint density at radius 1 is 1.29 bits per heavy atom. The molecule has 0 spiro atoms. The summed E-state index contributed by atoms with van der Waals surface area (Å²) in [5, 5.41) is 0. The van der Waals surface area contributed by atoms with Gasteiger partial charge in [0.1, 0.15) is 0 Å². The molecule has 1 heterocycles. The normalized spacial score (nSPS) is 25.4. The molecular weight excluding hydrogens is 214 g/mol. The van der Waals surface area contributed by atoms with Crippen LogP contribution < -0.4 is 0 Å². The van der Waals surface area contributed by atoms with E-state index in [4.69, 9.17) is 4.74 Å². The molecule has 3 heteroatoms. The van der Waals surface area contributed by atoms with Crippen LogP contribution >= 0.6 is 0 Å². The first-order valence-electron chi connectivity index (χ1n) is 6.83. The Morgan fingerprint density at radius 2 is 2.00 bits per heavy atom. The van der Waals surface area contributed by atoms with Gasteiger partial charge in [-0.05, 0) is 30.6 Å². The van der Waals surface area contributed by atoms with E-state index in [1.165, 1.54) is 12.8 Å². The zero-order chi connectivity index (χ0) is 12.5. The molecule has 0 aromatic carbocycles. The van der Waals surface area contributed by atoms with Crippen LogP contribution in [0.1, 0.15) is 46.5 Å². The number of amides is 1. The minimum absolute atomic E-state index is 0.0873. The third-order valence-electron chi connectivity index (χ3n) is 3.44. The maximum Gasteiger partial charge on any atom is 0.223 e. The number of carbonyl (C=O) groups excluding carboxylic acids is 1. The van der Waals surface area contributed by atoms with E-state index in [1.807, 2.05) is 4.90 Å². The van der Waals surface area contributed by atoms with Gasteiger partial charge in [-0.2, -0.15) is 0 Å². The Balaban J connectivity index is 1.70. The van der Waals surface area contributed by atoms with Crippen LogP contribution in [0.25, 0.3) is 0 Å². The number of rotatable bonds is 4. The highest BCUT2D eigenvalue weighted by Gasteiger charge is 2.30. The largest absolute Gasteiger partial charge is 0.376 e. The van der Waals surface area contributed by atoms with Crippen molar-refractivity contribution in [2.45, 2.75) is 52.6 Å². The summed E-state index contributed by atoms with van der Waals surface area (Å²) in [6, 6.07) is 0. The third-order valence-corrected chi connectivity index (χ3v) is 3.44. The van der Waals surface area contributed by atoms with E-state index in [2.05, 4.69) is 20.8 Å². The first-order valence-corrected chi connectivity index (χ1v) is 6.83. The van der Waals surface area contributed by atoms with Crippen molar-refractivity contribution in [3.63, 3.8) is 0 Å². The minimum atomic E-state index is 0.0873. The van der Waals surface area contributed by atoms with Gasteiger partial charge in [-0.3, -0.25) is 4.79 Å². The molecule has 0 radical (unpaired) electrons. The van der Waals surface area contributed by atoms with Crippen molar-refractivity contribution >= 4 is 5.91 Å². The van der Waals surface area contributed by atoms with Crippen molar-refractivity contribution in [1.29, 1.82) is 0 Å². The second-order valence-electron chi connectivity index (χ2n) is 6.76. The Morgan fingerprint density at radius 3 is 2.59 bits per heavy atom. The molecule has 2 rings (SSSR count). The predicted octanol–water partition coefficient (Wildman–Crippen LogP) is 2.45. The fraction of sp³-hybridized carbons (Fsp3) is 0.929. The topological polar surface area (TPSA) is 29.5 Å². The molecule has 1 atom stereocenters. The summed E-state index contributed by atoms with van der Waals surface area (Å²) in [4.78, 5) is 14.0. The van der Waals surface area contributed by atoms with Crippen molar-refractivity contribution in [1.82, 2.24) is 4.90 Å². The van der Waals surface area contributed by atoms with Crippen LogP contribution in [-0.4, -0.2) is 36.6 Å². The van der Waals surface area contributed by atoms with Crippen molar-refractivity contribution < 1.29 is 9.53 Å². The molecule has 98 valence electrons. The number of hydrogen-bond donors (Lipinski definition) is 0. The van der Waals surface area contributed by atoms with Gasteiger partial charge in [0.05, 0.1) is 6.10 Å². The highest BCUT2D eigenvalue weighted by atomic mass is 16.5. The fourth-order valence-electron chi connectivity index (χ4n) is 2.21. The first kappa shape index (κ1) is 12.9. The Hall–Kier alpha value is -0.570. The second-order valence-corrected chi connectivity index (χ2v) is 6.76. The lowest BCUT2D eigenvalue weighted by molar-refractivity contribution is -0.132. The molecule has 1 amide bonds. The summed E-state index contributed by atoms with van der Waals surface area (Å²) in [5.74, 6) is 1.10. The SMILES string of the molecule is CC(C)(C)CC(=O)N1CCC(OCC2CC2)C1. The second kappa shape index (κ2) is 4.97. The number of nitrogens with zero attached hydrogens (tertiary/aromatic N) is 1. The van der Waals surface area contributed by atoms with Crippen LogP contribution in [0.4, 0.5) is 0 Å². The van der Waals surface area contributed by atoms with E-state index in [0.29, 0.717) is 12.5 Å². The Kier molecular flexibility index (Phi) is 3.76. The highest BCUT2D eigenvalue weighted by molar-refractivity contribution is 5.77. The quantitative estimate of drug-likeness (QED) is 0.754. The maximum absolute atomic E-state index is 12.0. The van der Waals surface area contributed by atoms with Crippen LogP contribution in [0.3, 0.4) is 0 Å². The molecule has 1 aliphatic carbocycles. The van der Waals surface area contributed by atoms with E-state index in [0.717, 1.165) is 32.0 Å². The third kappa shape index (κ3) is 4.30. The van der Waals surface area contributed by atoms with Gasteiger partial charge in [0, 0.05) is 26.1 Å². The first-order chi connectivity index (χ1) is 7.94. The van der Waals surface area contributed by atoms with E-state index in [9.17, 15) is 4.79 Å². The highest BCUT2D eigenvalue weighted by Crippen LogP contribution is 2.30. The number of ether oxygens (including phenoxy) is 1. The summed E-state index contributed by atoms with van der Waals surface area (Å²) in [7, 11) is 0. The molecule has 1 aliphatic heterocycles. The maximum atomic E-state index is 12.0. The van der Waals surface area contributed by atoms with Crippen LogP contribution in [0, 0.1) is 11.3 Å². The van der Waals surface area contributed by atoms with E-state index < -0.39 is 0 Å². The van der Waals surface area contributed by atoms with Gasteiger partial charge in [-0.25, -0.2) is 0 Å². The summed E-state index contributed by atoms with van der Waals surface area (Å²) in [6.07, 6.45) is 4.61. The average Bonchev–Trinajstić information content (AvgIpc) is 2.90. The molecule has 0 N–H and O–H groups in total. The monoisotopic (exact) mass is 239 g/mol. The van der Waals surface area contributed by atoms with E-state index in [-0.39, 0.29) is 11.3 Å². The molecular formula is C14H25NO2. The smallest absolute Gasteiger partial charge is 0.223 e. The standard InChI is InChI=1S/C14H25NO2/c1-14(2,3)8-13(16)15-7-6-12(9-15)17-10-11-4-5-11/h11-12H,4-10H2,1-3H3. The van der Waals surface area contributed by atoms with Crippen LogP contribution in [0.15, 0.2) is 0 Å². The zero-order valence-corrected chi connectivity index (χ0v) is 11.4. The number of likely N-dealkylation sites (tertiary alicyclic amines) is 1. The molecule has 1 saturated carbocycles. The molecule has 2 aliphatic rings. The van der Waals surface area contributed by atoms with Crippen molar-refractivity contribution in [3.05, 3.63) is 0 Å². The summed E-state index contributed by atoms with van der Waals surface area (Å²) >= 11 is 0.